The summed E-state index contributed by atoms with van der Waals surface area (Å²) in [6.45, 7) is 3.72. The third-order valence-corrected chi connectivity index (χ3v) is 3.87. The molecule has 1 unspecified atom stereocenters. The van der Waals surface area contributed by atoms with E-state index in [0.717, 1.165) is 5.69 Å². The summed E-state index contributed by atoms with van der Waals surface area (Å²) in [6.07, 6.45) is 0.306. The molecule has 0 radical (unpaired) electrons. The average Bonchev–Trinajstić information content (AvgIpc) is 2.96. The van der Waals surface area contributed by atoms with Crippen LogP contribution in [0.4, 0.5) is 0 Å². The van der Waals surface area contributed by atoms with E-state index in [1.807, 2.05) is 6.92 Å². The van der Waals surface area contributed by atoms with Gasteiger partial charge in [0.15, 0.2) is 5.76 Å². The van der Waals surface area contributed by atoms with Crippen LogP contribution in [0.2, 0.25) is 0 Å². The van der Waals surface area contributed by atoms with Crippen LogP contribution >= 0.6 is 15.9 Å². The Morgan fingerprint density at radius 1 is 1.42 bits per heavy atom. The van der Waals surface area contributed by atoms with Crippen molar-refractivity contribution < 1.29 is 24.0 Å². The Hall–Kier alpha value is -2.35. The second kappa shape index (κ2) is 7.96. The summed E-state index contributed by atoms with van der Waals surface area (Å²) in [4.78, 5) is 23.1. The molecule has 7 nitrogen and oxygen atoms in total. The number of halogens is 1. The van der Waals surface area contributed by atoms with Gasteiger partial charge in [-0.15, -0.1) is 0 Å². The highest BCUT2D eigenvalue weighted by Gasteiger charge is 2.19. The van der Waals surface area contributed by atoms with E-state index >= 15 is 0 Å². The number of carboxylic acid groups (broad SMARTS) is 1. The molecule has 8 heteroatoms. The van der Waals surface area contributed by atoms with Gasteiger partial charge < -0.3 is 19.7 Å². The fourth-order valence-electron chi connectivity index (χ4n) is 1.97. The lowest BCUT2D eigenvalue weighted by Gasteiger charge is -2.13. The largest absolute Gasteiger partial charge is 0.484 e. The maximum atomic E-state index is 12.1. The fraction of sp³-hybridized carbons (Fsp3) is 0.312. The van der Waals surface area contributed by atoms with Gasteiger partial charge in [-0.1, -0.05) is 12.1 Å². The van der Waals surface area contributed by atoms with Gasteiger partial charge in [0.05, 0.1) is 10.2 Å². The Labute approximate surface area is 147 Å². The molecule has 1 heterocycles. The van der Waals surface area contributed by atoms with E-state index in [0.29, 0.717) is 28.0 Å². The van der Waals surface area contributed by atoms with Crippen molar-refractivity contribution in [3.63, 3.8) is 0 Å². The summed E-state index contributed by atoms with van der Waals surface area (Å²) in [7, 11) is 0. The molecule has 0 aliphatic heterocycles. The molecule has 2 N–H and O–H groups in total. The molecule has 1 atom stereocenters. The molecular weight excluding hydrogens is 380 g/mol. The van der Waals surface area contributed by atoms with Crippen LogP contribution in [0.25, 0.3) is 0 Å². The lowest BCUT2D eigenvalue weighted by molar-refractivity contribution is -0.139. The van der Waals surface area contributed by atoms with Crippen molar-refractivity contribution >= 4 is 27.8 Å². The third-order valence-electron chi connectivity index (χ3n) is 3.25. The molecule has 1 aromatic carbocycles. The molecule has 2 rings (SSSR count). The zero-order valence-corrected chi connectivity index (χ0v) is 14.8. The van der Waals surface area contributed by atoms with Crippen molar-refractivity contribution in [2.45, 2.75) is 32.9 Å². The Balaban J connectivity index is 2.03. The highest BCUT2D eigenvalue weighted by molar-refractivity contribution is 9.10. The van der Waals surface area contributed by atoms with E-state index in [-0.39, 0.29) is 6.61 Å². The van der Waals surface area contributed by atoms with Crippen LogP contribution < -0.4 is 10.1 Å². The second-order valence-corrected chi connectivity index (χ2v) is 6.00. The van der Waals surface area contributed by atoms with Crippen LogP contribution in [0.3, 0.4) is 0 Å². The Morgan fingerprint density at radius 3 is 2.71 bits per heavy atom. The van der Waals surface area contributed by atoms with Gasteiger partial charge in [0.2, 0.25) is 0 Å². The number of ether oxygens (including phenoxy) is 1. The number of aryl methyl sites for hydroxylation is 1. The number of carbonyl (C=O) groups excluding carboxylic acids is 1. The highest BCUT2D eigenvalue weighted by Crippen LogP contribution is 2.27. The maximum Gasteiger partial charge on any atom is 0.326 e. The van der Waals surface area contributed by atoms with Crippen molar-refractivity contribution in [1.29, 1.82) is 0 Å². The first-order valence-corrected chi connectivity index (χ1v) is 8.08. The SMILES string of the molecule is CCC(NC(=O)c1ccc(OCc2cc(C)no2)c(Br)c1)C(=O)O. The number of amides is 1. The molecular formula is C16H17BrN2O5. The lowest BCUT2D eigenvalue weighted by Crippen LogP contribution is -2.40. The summed E-state index contributed by atoms with van der Waals surface area (Å²) in [5.74, 6) is -0.395. The van der Waals surface area contributed by atoms with Crippen molar-refractivity contribution in [2.24, 2.45) is 0 Å². The topological polar surface area (TPSA) is 102 Å². The minimum Gasteiger partial charge on any atom is -0.484 e. The molecule has 2 aromatic rings. The van der Waals surface area contributed by atoms with Gasteiger partial charge in [0.1, 0.15) is 18.4 Å². The highest BCUT2D eigenvalue weighted by atomic mass is 79.9. The summed E-state index contributed by atoms with van der Waals surface area (Å²) in [6, 6.07) is 5.62. The Kier molecular flexibility index (Phi) is 5.97. The number of aliphatic carboxylic acids is 1. The van der Waals surface area contributed by atoms with Crippen molar-refractivity contribution in [3.8, 4) is 5.75 Å². The molecule has 0 aliphatic rings. The number of hydrogen-bond acceptors (Lipinski definition) is 5. The fourth-order valence-corrected chi connectivity index (χ4v) is 2.47. The average molecular weight is 397 g/mol. The van der Waals surface area contributed by atoms with Gasteiger partial charge in [0.25, 0.3) is 5.91 Å². The molecule has 0 bridgehead atoms. The van der Waals surface area contributed by atoms with Gasteiger partial charge in [0, 0.05) is 11.6 Å². The first-order valence-electron chi connectivity index (χ1n) is 7.29. The molecule has 24 heavy (non-hydrogen) atoms. The van der Waals surface area contributed by atoms with E-state index in [1.54, 1.807) is 31.2 Å². The second-order valence-electron chi connectivity index (χ2n) is 5.14. The molecule has 1 aromatic heterocycles. The number of carbonyl (C=O) groups is 2. The molecule has 1 amide bonds. The van der Waals surface area contributed by atoms with Crippen LogP contribution in [0.15, 0.2) is 33.3 Å². The van der Waals surface area contributed by atoms with Crippen LogP contribution in [0, 0.1) is 6.92 Å². The zero-order chi connectivity index (χ0) is 17.7. The van der Waals surface area contributed by atoms with Crippen LogP contribution in [0.5, 0.6) is 5.75 Å². The zero-order valence-electron chi connectivity index (χ0n) is 13.2. The standard InChI is InChI=1S/C16H17BrN2O5/c1-3-13(16(21)22)18-15(20)10-4-5-14(12(17)7-10)23-8-11-6-9(2)19-24-11/h4-7,13H,3,8H2,1-2H3,(H,18,20)(H,21,22). The lowest BCUT2D eigenvalue weighted by atomic mass is 10.1. The maximum absolute atomic E-state index is 12.1. The summed E-state index contributed by atoms with van der Waals surface area (Å²) in [5, 5.41) is 15.2. The number of hydrogen-bond donors (Lipinski definition) is 2. The summed E-state index contributed by atoms with van der Waals surface area (Å²) in [5.41, 5.74) is 1.10. The van der Waals surface area contributed by atoms with Crippen molar-refractivity contribution in [1.82, 2.24) is 10.5 Å². The van der Waals surface area contributed by atoms with Gasteiger partial charge in [-0.25, -0.2) is 4.79 Å². The van der Waals surface area contributed by atoms with Crippen molar-refractivity contribution in [3.05, 3.63) is 45.8 Å². The number of carboxylic acids is 1. The quantitative estimate of drug-likeness (QED) is 0.745. The van der Waals surface area contributed by atoms with E-state index in [4.69, 9.17) is 14.4 Å². The first-order chi connectivity index (χ1) is 11.4. The van der Waals surface area contributed by atoms with E-state index in [1.165, 1.54) is 0 Å². The van der Waals surface area contributed by atoms with Crippen molar-refractivity contribution in [2.75, 3.05) is 0 Å². The molecule has 0 fully saturated rings. The van der Waals surface area contributed by atoms with Crippen LogP contribution in [-0.4, -0.2) is 28.2 Å². The first kappa shape index (κ1) is 18.0. The number of benzene rings is 1. The normalized spacial score (nSPS) is 11.8. The van der Waals surface area contributed by atoms with Gasteiger partial charge in [-0.05, 0) is 47.5 Å². The number of nitrogens with one attached hydrogen (secondary N) is 1. The van der Waals surface area contributed by atoms with E-state index in [2.05, 4.69) is 26.4 Å². The molecule has 0 spiro atoms. The number of nitrogens with zero attached hydrogens (tertiary/aromatic N) is 1. The monoisotopic (exact) mass is 396 g/mol. The Bertz CT molecular complexity index is 744. The van der Waals surface area contributed by atoms with Gasteiger partial charge >= 0.3 is 5.97 Å². The number of rotatable bonds is 7. The summed E-state index contributed by atoms with van der Waals surface area (Å²) < 4.78 is 11.2. The minimum absolute atomic E-state index is 0.210. The van der Waals surface area contributed by atoms with E-state index < -0.39 is 17.9 Å². The predicted molar refractivity (Wildman–Crippen MR) is 88.9 cm³/mol. The molecule has 0 aliphatic carbocycles. The minimum atomic E-state index is -1.06. The van der Waals surface area contributed by atoms with Gasteiger partial charge in [-0.2, -0.15) is 0 Å². The smallest absolute Gasteiger partial charge is 0.326 e. The molecule has 0 saturated carbocycles. The third kappa shape index (κ3) is 4.58. The molecule has 128 valence electrons. The van der Waals surface area contributed by atoms with E-state index in [9.17, 15) is 9.59 Å². The predicted octanol–water partition coefficient (Wildman–Crippen LogP) is 2.92. The Morgan fingerprint density at radius 2 is 2.17 bits per heavy atom. The number of aromatic nitrogens is 1. The van der Waals surface area contributed by atoms with Gasteiger partial charge in [-0.3, -0.25) is 4.79 Å². The summed E-state index contributed by atoms with van der Waals surface area (Å²) >= 11 is 3.34. The van der Waals surface area contributed by atoms with Crippen LogP contribution in [-0.2, 0) is 11.4 Å². The van der Waals surface area contributed by atoms with Crippen LogP contribution in [0.1, 0.15) is 35.2 Å². The molecule has 0 saturated heterocycles.